The molecule has 0 fully saturated rings. The van der Waals surface area contributed by atoms with Crippen LogP contribution in [-0.2, 0) is 27.8 Å². The topological polar surface area (TPSA) is 66.5 Å². The van der Waals surface area contributed by atoms with Crippen LogP contribution in [0.2, 0.25) is 0 Å². The van der Waals surface area contributed by atoms with Gasteiger partial charge in [0.2, 0.25) is 15.9 Å². The molecule has 1 heterocycles. The Morgan fingerprint density at radius 2 is 1.88 bits per heavy atom. The molecule has 1 amide bonds. The number of carbonyl (C=O) groups is 1. The summed E-state index contributed by atoms with van der Waals surface area (Å²) in [6.45, 7) is 6.06. The molecule has 3 rings (SSSR count). The fourth-order valence-corrected chi connectivity index (χ4v) is 4.36. The molecule has 0 aliphatic carbocycles. The van der Waals surface area contributed by atoms with E-state index in [1.54, 1.807) is 23.1 Å². The molecule has 26 heavy (non-hydrogen) atoms. The van der Waals surface area contributed by atoms with E-state index in [2.05, 4.69) is 4.72 Å². The molecule has 0 radical (unpaired) electrons. The summed E-state index contributed by atoms with van der Waals surface area (Å²) in [4.78, 5) is 14.2. The molecule has 0 spiro atoms. The summed E-state index contributed by atoms with van der Waals surface area (Å²) in [5.41, 5.74) is 3.77. The third kappa shape index (κ3) is 3.66. The minimum atomic E-state index is -3.60. The van der Waals surface area contributed by atoms with Gasteiger partial charge < -0.3 is 4.90 Å². The Kier molecular flexibility index (Phi) is 5.16. The second-order valence-corrected chi connectivity index (χ2v) is 8.54. The molecule has 1 aliphatic heterocycles. The average Bonchev–Trinajstić information content (AvgIpc) is 2.95. The Balaban J connectivity index is 1.80. The van der Waals surface area contributed by atoms with Gasteiger partial charge in [-0.2, -0.15) is 0 Å². The molecule has 0 bridgehead atoms. The van der Waals surface area contributed by atoms with Crippen LogP contribution in [0, 0.1) is 6.92 Å². The van der Waals surface area contributed by atoms with Crippen molar-refractivity contribution in [1.29, 1.82) is 0 Å². The van der Waals surface area contributed by atoms with Crippen molar-refractivity contribution in [2.75, 3.05) is 4.90 Å². The molecule has 1 aliphatic rings. The standard InChI is InChI=1S/C20H24N2O3S/c1-4-20(23)22-15(3)11-17-12-18(9-10-19(17)22)26(24,25)21-13-16-7-5-14(2)6-8-16/h5-10,12,15,21H,4,11,13H2,1-3H3/t15-/m0/s1. The van der Waals surface area contributed by atoms with Crippen molar-refractivity contribution in [2.24, 2.45) is 0 Å². The minimum absolute atomic E-state index is 0.0518. The number of hydrogen-bond acceptors (Lipinski definition) is 3. The van der Waals surface area contributed by atoms with Crippen molar-refractivity contribution in [2.45, 2.75) is 51.1 Å². The molecule has 0 saturated carbocycles. The molecule has 0 unspecified atom stereocenters. The molecule has 0 saturated heterocycles. The molecule has 0 aromatic heterocycles. The van der Waals surface area contributed by atoms with Crippen molar-refractivity contribution >= 4 is 21.6 Å². The van der Waals surface area contributed by atoms with Crippen molar-refractivity contribution < 1.29 is 13.2 Å². The van der Waals surface area contributed by atoms with Crippen LogP contribution in [0.25, 0.3) is 0 Å². The number of nitrogens with one attached hydrogen (secondary N) is 1. The van der Waals surface area contributed by atoms with Gasteiger partial charge >= 0.3 is 0 Å². The first-order chi connectivity index (χ1) is 12.3. The lowest BCUT2D eigenvalue weighted by molar-refractivity contribution is -0.118. The molecule has 2 aromatic rings. The Morgan fingerprint density at radius 3 is 2.54 bits per heavy atom. The number of fused-ring (bicyclic) bond motifs is 1. The first kappa shape index (κ1) is 18.6. The maximum atomic E-state index is 12.6. The number of benzene rings is 2. The maximum Gasteiger partial charge on any atom is 0.240 e. The predicted molar refractivity (Wildman–Crippen MR) is 103 cm³/mol. The summed E-state index contributed by atoms with van der Waals surface area (Å²) < 4.78 is 27.9. The summed E-state index contributed by atoms with van der Waals surface area (Å²) in [5.74, 6) is 0.0596. The minimum Gasteiger partial charge on any atom is -0.309 e. The molecule has 2 aromatic carbocycles. The largest absolute Gasteiger partial charge is 0.309 e. The van der Waals surface area contributed by atoms with Crippen molar-refractivity contribution in [1.82, 2.24) is 4.72 Å². The van der Waals surface area contributed by atoms with Crippen LogP contribution in [0.5, 0.6) is 0 Å². The lowest BCUT2D eigenvalue weighted by Crippen LogP contribution is -2.35. The fourth-order valence-electron chi connectivity index (χ4n) is 3.29. The van der Waals surface area contributed by atoms with E-state index in [1.807, 2.05) is 45.0 Å². The Hall–Kier alpha value is -2.18. The van der Waals surface area contributed by atoms with Crippen LogP contribution < -0.4 is 9.62 Å². The molecule has 6 heteroatoms. The lowest BCUT2D eigenvalue weighted by atomic mass is 10.1. The molecule has 1 N–H and O–H groups in total. The zero-order chi connectivity index (χ0) is 18.9. The number of hydrogen-bond donors (Lipinski definition) is 1. The van der Waals surface area contributed by atoms with Crippen LogP contribution in [0.3, 0.4) is 0 Å². The maximum absolute atomic E-state index is 12.6. The van der Waals surface area contributed by atoms with Crippen molar-refractivity contribution in [3.8, 4) is 0 Å². The number of nitrogens with zero attached hydrogens (tertiary/aromatic N) is 1. The number of rotatable bonds is 5. The Bertz CT molecular complexity index is 921. The highest BCUT2D eigenvalue weighted by molar-refractivity contribution is 7.89. The fraction of sp³-hybridized carbons (Fsp3) is 0.350. The third-order valence-electron chi connectivity index (χ3n) is 4.73. The van der Waals surface area contributed by atoms with Crippen LogP contribution in [-0.4, -0.2) is 20.4 Å². The van der Waals surface area contributed by atoms with E-state index in [4.69, 9.17) is 0 Å². The Morgan fingerprint density at radius 1 is 1.19 bits per heavy atom. The number of aryl methyl sites for hydroxylation is 1. The van der Waals surface area contributed by atoms with E-state index < -0.39 is 10.0 Å². The number of sulfonamides is 1. The van der Waals surface area contributed by atoms with Gasteiger partial charge in [0, 0.05) is 24.7 Å². The monoisotopic (exact) mass is 372 g/mol. The van der Waals surface area contributed by atoms with Crippen LogP contribution in [0.4, 0.5) is 5.69 Å². The average molecular weight is 372 g/mol. The van der Waals surface area contributed by atoms with E-state index in [0.29, 0.717) is 12.8 Å². The van der Waals surface area contributed by atoms with E-state index >= 15 is 0 Å². The summed E-state index contributed by atoms with van der Waals surface area (Å²) in [7, 11) is -3.60. The molecular weight excluding hydrogens is 348 g/mol. The second-order valence-electron chi connectivity index (χ2n) is 6.77. The summed E-state index contributed by atoms with van der Waals surface area (Å²) in [5, 5.41) is 0. The van der Waals surface area contributed by atoms with Gasteiger partial charge in [0.1, 0.15) is 0 Å². The number of carbonyl (C=O) groups excluding carboxylic acids is 1. The molecule has 138 valence electrons. The summed E-state index contributed by atoms with van der Waals surface area (Å²) >= 11 is 0. The van der Waals surface area contributed by atoms with Crippen LogP contribution >= 0.6 is 0 Å². The zero-order valence-corrected chi connectivity index (χ0v) is 16.1. The lowest BCUT2D eigenvalue weighted by Gasteiger charge is -2.22. The van der Waals surface area contributed by atoms with E-state index in [1.165, 1.54) is 0 Å². The Labute approximate surface area is 155 Å². The summed E-state index contributed by atoms with van der Waals surface area (Å²) in [6.07, 6.45) is 1.10. The smallest absolute Gasteiger partial charge is 0.240 e. The van der Waals surface area contributed by atoms with Gasteiger partial charge in [-0.05, 0) is 49.6 Å². The van der Waals surface area contributed by atoms with Gasteiger partial charge in [0.05, 0.1) is 4.90 Å². The van der Waals surface area contributed by atoms with Gasteiger partial charge in [-0.3, -0.25) is 4.79 Å². The van der Waals surface area contributed by atoms with Gasteiger partial charge in [-0.25, -0.2) is 13.1 Å². The summed E-state index contributed by atoms with van der Waals surface area (Å²) in [6, 6.07) is 12.8. The highest BCUT2D eigenvalue weighted by Crippen LogP contribution is 2.34. The van der Waals surface area contributed by atoms with E-state index in [9.17, 15) is 13.2 Å². The van der Waals surface area contributed by atoms with E-state index in [-0.39, 0.29) is 23.4 Å². The SMILES string of the molecule is CCC(=O)N1c2ccc(S(=O)(=O)NCc3ccc(C)cc3)cc2C[C@@H]1C. The third-order valence-corrected chi connectivity index (χ3v) is 6.13. The van der Waals surface area contributed by atoms with Crippen LogP contribution in [0.1, 0.15) is 37.0 Å². The van der Waals surface area contributed by atoms with Gasteiger partial charge in [-0.15, -0.1) is 0 Å². The predicted octanol–water partition coefficient (Wildman–Crippen LogP) is 3.16. The van der Waals surface area contributed by atoms with Gasteiger partial charge in [0.25, 0.3) is 0 Å². The van der Waals surface area contributed by atoms with Gasteiger partial charge in [0.15, 0.2) is 0 Å². The van der Waals surface area contributed by atoms with E-state index in [0.717, 1.165) is 22.4 Å². The highest BCUT2D eigenvalue weighted by Gasteiger charge is 2.31. The van der Waals surface area contributed by atoms with Crippen LogP contribution in [0.15, 0.2) is 47.4 Å². The van der Waals surface area contributed by atoms with Crippen molar-refractivity contribution in [3.05, 3.63) is 59.2 Å². The quantitative estimate of drug-likeness (QED) is 0.877. The first-order valence-electron chi connectivity index (χ1n) is 8.82. The number of amides is 1. The van der Waals surface area contributed by atoms with Crippen molar-refractivity contribution in [3.63, 3.8) is 0 Å². The molecule has 1 atom stereocenters. The highest BCUT2D eigenvalue weighted by atomic mass is 32.2. The molecular formula is C20H24N2O3S. The number of anilines is 1. The normalized spacial score (nSPS) is 16.6. The second kappa shape index (κ2) is 7.21. The zero-order valence-electron chi connectivity index (χ0n) is 15.3. The first-order valence-corrected chi connectivity index (χ1v) is 10.3. The molecule has 5 nitrogen and oxygen atoms in total. The van der Waals surface area contributed by atoms with Gasteiger partial charge in [-0.1, -0.05) is 36.8 Å².